The molecule has 4 aliphatic rings. The lowest BCUT2D eigenvalue weighted by molar-refractivity contribution is -0.197. The van der Waals surface area contributed by atoms with Crippen LogP contribution in [0.3, 0.4) is 0 Å². The van der Waals surface area contributed by atoms with Crippen molar-refractivity contribution in [1.82, 2.24) is 0 Å². The minimum atomic E-state index is -0.588. The molecule has 0 aromatic rings. The van der Waals surface area contributed by atoms with Crippen molar-refractivity contribution >= 4 is 31.5 Å². The molecule has 204 valence electrons. The van der Waals surface area contributed by atoms with Crippen LogP contribution in [0.2, 0.25) is 5.82 Å². The van der Waals surface area contributed by atoms with E-state index < -0.39 is 5.82 Å². The van der Waals surface area contributed by atoms with E-state index in [2.05, 4.69) is 20.8 Å². The molecule has 0 bridgehead atoms. The van der Waals surface area contributed by atoms with Crippen molar-refractivity contribution in [1.29, 1.82) is 0 Å². The highest BCUT2D eigenvalue weighted by molar-refractivity contribution is 6.25. The molecule has 0 aliphatic heterocycles. The van der Waals surface area contributed by atoms with E-state index in [-0.39, 0.29) is 82.2 Å². The lowest BCUT2D eigenvalue weighted by Crippen LogP contribution is -2.63. The van der Waals surface area contributed by atoms with Gasteiger partial charge in [0, 0.05) is 31.6 Å². The summed E-state index contributed by atoms with van der Waals surface area (Å²) in [4.78, 5) is 49.8. The van der Waals surface area contributed by atoms with Crippen LogP contribution in [0.1, 0.15) is 86.0 Å². The second-order valence-electron chi connectivity index (χ2n) is 12.8. The van der Waals surface area contributed by atoms with Crippen molar-refractivity contribution in [3.05, 3.63) is 0 Å². The molecule has 0 N–H and O–H groups in total. The first-order valence-corrected chi connectivity index (χ1v) is 14.0. The van der Waals surface area contributed by atoms with Gasteiger partial charge in [0.15, 0.2) is 0 Å². The maximum atomic E-state index is 14.0. The van der Waals surface area contributed by atoms with E-state index in [1.807, 2.05) is 0 Å². The van der Waals surface area contributed by atoms with Crippen LogP contribution in [0.25, 0.3) is 0 Å². The van der Waals surface area contributed by atoms with E-state index in [4.69, 9.17) is 22.1 Å². The molecular formula is C29H43BO7. The Hall–Kier alpha value is -1.86. The van der Waals surface area contributed by atoms with E-state index >= 15 is 0 Å². The number of fused-ring (bicyclic) bond motifs is 5. The molecule has 0 aromatic heterocycles. The summed E-state index contributed by atoms with van der Waals surface area (Å²) in [6.45, 7) is 9.51. The third-order valence-electron chi connectivity index (χ3n) is 11.1. The zero-order chi connectivity index (χ0) is 27.3. The third-order valence-corrected chi connectivity index (χ3v) is 11.1. The summed E-state index contributed by atoms with van der Waals surface area (Å²) in [6.07, 6.45) is 5.18. The maximum absolute atomic E-state index is 14.0. The van der Waals surface area contributed by atoms with Crippen molar-refractivity contribution in [3.63, 3.8) is 0 Å². The fourth-order valence-corrected chi connectivity index (χ4v) is 9.32. The van der Waals surface area contributed by atoms with Crippen LogP contribution in [0.5, 0.6) is 0 Å². The first-order chi connectivity index (χ1) is 17.3. The van der Waals surface area contributed by atoms with Crippen LogP contribution in [-0.2, 0) is 33.4 Å². The Kier molecular flexibility index (Phi) is 7.89. The molecule has 0 aromatic carbocycles. The predicted molar refractivity (Wildman–Crippen MR) is 137 cm³/mol. The largest absolute Gasteiger partial charge is 0.469 e. The summed E-state index contributed by atoms with van der Waals surface area (Å²) in [5.41, 5.74) is -0.557. The van der Waals surface area contributed by atoms with Crippen molar-refractivity contribution < 1.29 is 33.4 Å². The Morgan fingerprint density at radius 2 is 1.68 bits per heavy atom. The zero-order valence-electron chi connectivity index (χ0n) is 23.3. The number of hydrogen-bond acceptors (Lipinski definition) is 7. The maximum Gasteiger partial charge on any atom is 0.305 e. The summed E-state index contributed by atoms with van der Waals surface area (Å²) >= 11 is 0. The second-order valence-corrected chi connectivity index (χ2v) is 12.8. The molecule has 0 heterocycles. The molecule has 2 radical (unpaired) electrons. The fraction of sp³-hybridized carbons (Fsp3) is 0.862. The number of esters is 3. The number of ether oxygens (including phenoxy) is 3. The molecular weight excluding hydrogens is 471 g/mol. The smallest absolute Gasteiger partial charge is 0.305 e. The van der Waals surface area contributed by atoms with E-state index in [1.54, 1.807) is 0 Å². The molecule has 4 saturated carbocycles. The highest BCUT2D eigenvalue weighted by Gasteiger charge is 2.68. The van der Waals surface area contributed by atoms with Gasteiger partial charge in [-0.2, -0.15) is 0 Å². The number of carbonyl (C=O) groups is 4. The van der Waals surface area contributed by atoms with Crippen LogP contribution >= 0.6 is 0 Å². The van der Waals surface area contributed by atoms with Crippen molar-refractivity contribution in [2.24, 2.45) is 46.3 Å². The van der Waals surface area contributed by atoms with Crippen molar-refractivity contribution in [2.75, 3.05) is 7.11 Å². The summed E-state index contributed by atoms with van der Waals surface area (Å²) in [7, 11) is 8.13. The Balaban J connectivity index is 1.67. The average molecular weight is 514 g/mol. The van der Waals surface area contributed by atoms with Crippen LogP contribution in [-0.4, -0.2) is 50.9 Å². The SMILES string of the molecule is [B][C@H]1C(=O)[C@@H]2[C@H](C[C@H](OC(C)=O)[C@]3(C)[C@@H]([C@H](C)CCC(=O)OC)CC[C@@H]23)[C@@]2(C)CC[C@@H](OC(C)=O)C[C@@H]12. The molecule has 4 aliphatic carbocycles. The number of ketones is 1. The third kappa shape index (κ3) is 4.75. The van der Waals surface area contributed by atoms with Gasteiger partial charge in [-0.15, -0.1) is 0 Å². The van der Waals surface area contributed by atoms with E-state index in [0.29, 0.717) is 25.7 Å². The van der Waals surface area contributed by atoms with Gasteiger partial charge < -0.3 is 14.2 Å². The van der Waals surface area contributed by atoms with Gasteiger partial charge in [0.05, 0.1) is 15.0 Å². The zero-order valence-corrected chi connectivity index (χ0v) is 23.3. The van der Waals surface area contributed by atoms with Gasteiger partial charge in [0.2, 0.25) is 0 Å². The number of methoxy groups -OCH3 is 1. The van der Waals surface area contributed by atoms with Gasteiger partial charge in [-0.05, 0) is 85.8 Å². The van der Waals surface area contributed by atoms with E-state index in [0.717, 1.165) is 25.7 Å². The van der Waals surface area contributed by atoms with Crippen LogP contribution < -0.4 is 0 Å². The molecule has 0 saturated heterocycles. The Morgan fingerprint density at radius 3 is 2.30 bits per heavy atom. The van der Waals surface area contributed by atoms with Gasteiger partial charge in [0.25, 0.3) is 0 Å². The van der Waals surface area contributed by atoms with Gasteiger partial charge in [-0.1, -0.05) is 20.8 Å². The number of Topliss-reactive ketones (excluding diaryl/α,β-unsaturated/α-hetero) is 1. The fourth-order valence-electron chi connectivity index (χ4n) is 9.32. The first-order valence-electron chi connectivity index (χ1n) is 14.0. The van der Waals surface area contributed by atoms with E-state index in [9.17, 15) is 19.2 Å². The number of rotatable bonds is 6. The topological polar surface area (TPSA) is 96.0 Å². The molecule has 37 heavy (non-hydrogen) atoms. The number of carbonyl (C=O) groups excluding carboxylic acids is 4. The molecule has 0 unspecified atom stereocenters. The minimum Gasteiger partial charge on any atom is -0.469 e. The van der Waals surface area contributed by atoms with Crippen LogP contribution in [0, 0.1) is 46.3 Å². The second kappa shape index (κ2) is 10.4. The highest BCUT2D eigenvalue weighted by Crippen LogP contribution is 2.69. The lowest BCUT2D eigenvalue weighted by atomic mass is 9.39. The lowest BCUT2D eigenvalue weighted by Gasteiger charge is -2.63. The summed E-state index contributed by atoms with van der Waals surface area (Å²) in [5, 5.41) is 0. The summed E-state index contributed by atoms with van der Waals surface area (Å²) < 4.78 is 16.5. The van der Waals surface area contributed by atoms with Gasteiger partial charge >= 0.3 is 17.9 Å². The molecule has 0 spiro atoms. The quantitative estimate of drug-likeness (QED) is 0.294. The van der Waals surface area contributed by atoms with Crippen molar-refractivity contribution in [3.8, 4) is 0 Å². The predicted octanol–water partition coefficient (Wildman–Crippen LogP) is 4.45. The Labute approximate surface area is 222 Å². The minimum absolute atomic E-state index is 0.0645. The molecule has 4 fully saturated rings. The van der Waals surface area contributed by atoms with Gasteiger partial charge in [-0.25, -0.2) is 0 Å². The Morgan fingerprint density at radius 1 is 1.00 bits per heavy atom. The summed E-state index contributed by atoms with van der Waals surface area (Å²) in [5.74, 6) is -0.943. The standard InChI is InChI=1S/C29H43BO7/c1-15(7-10-24(33)35-6)19-8-9-20-25-21(14-23(29(19,20)5)37-17(3)32)28(4)12-11-18(36-16(2)31)13-22(28)26(30)27(25)34/h15,18-23,25-26H,7-14H2,1-6H3/t15-,18-,19-,20+,21+,22+,23+,25+,26-,28-,29-/m1/s1. The number of hydrogen-bond donors (Lipinski definition) is 0. The van der Waals surface area contributed by atoms with Crippen molar-refractivity contribution in [2.45, 2.75) is 104 Å². The molecule has 4 rings (SSSR count). The van der Waals surface area contributed by atoms with E-state index in [1.165, 1.54) is 21.0 Å². The molecule has 11 atom stereocenters. The Bertz CT molecular complexity index is 935. The molecule has 7 nitrogen and oxygen atoms in total. The van der Waals surface area contributed by atoms with Crippen LogP contribution in [0.15, 0.2) is 0 Å². The normalized spacial score (nSPS) is 43.6. The molecule has 0 amide bonds. The van der Waals surface area contributed by atoms with Gasteiger partial charge in [-0.3, -0.25) is 19.2 Å². The average Bonchev–Trinajstić information content (AvgIpc) is 3.19. The van der Waals surface area contributed by atoms with Gasteiger partial charge in [0.1, 0.15) is 18.0 Å². The first kappa shape index (κ1) is 28.2. The monoisotopic (exact) mass is 514 g/mol. The van der Waals surface area contributed by atoms with Crippen LogP contribution in [0.4, 0.5) is 0 Å². The summed E-state index contributed by atoms with van der Waals surface area (Å²) in [6, 6.07) is 0. The molecule has 8 heteroatoms. The highest BCUT2D eigenvalue weighted by atomic mass is 16.5.